The fourth-order valence-electron chi connectivity index (χ4n) is 1.87. The zero-order chi connectivity index (χ0) is 14.7. The van der Waals surface area contributed by atoms with Gasteiger partial charge in [0.15, 0.2) is 0 Å². The Kier molecular flexibility index (Phi) is 3.81. The average molecular weight is 270 g/mol. The van der Waals surface area contributed by atoms with E-state index in [1.165, 1.54) is 7.05 Å². The van der Waals surface area contributed by atoms with Crippen molar-refractivity contribution in [1.82, 2.24) is 5.06 Å². The summed E-state index contributed by atoms with van der Waals surface area (Å²) in [6, 6.07) is 13.6. The highest BCUT2D eigenvalue weighted by atomic mass is 16.5. The van der Waals surface area contributed by atoms with Crippen molar-refractivity contribution in [3.05, 3.63) is 59.7 Å². The van der Waals surface area contributed by atoms with E-state index in [-0.39, 0.29) is 0 Å². The Labute approximate surface area is 116 Å². The van der Waals surface area contributed by atoms with E-state index in [2.05, 4.69) is 0 Å². The molecule has 0 aliphatic rings. The molecule has 0 atom stereocenters. The van der Waals surface area contributed by atoms with Gasteiger partial charge in [-0.2, -0.15) is 0 Å². The minimum absolute atomic E-state index is 0.358. The number of nitrogens with two attached hydrogens (primary N) is 1. The van der Waals surface area contributed by atoms with Crippen molar-refractivity contribution in [2.45, 2.75) is 0 Å². The molecule has 0 unspecified atom stereocenters. The highest BCUT2D eigenvalue weighted by Gasteiger charge is 2.10. The molecular weight excluding hydrogens is 256 g/mol. The fourth-order valence-corrected chi connectivity index (χ4v) is 1.87. The number of hydrogen-bond acceptors (Lipinski definition) is 3. The van der Waals surface area contributed by atoms with Crippen LogP contribution in [0.3, 0.4) is 0 Å². The van der Waals surface area contributed by atoms with Crippen molar-refractivity contribution in [3.63, 3.8) is 0 Å². The first-order chi connectivity index (χ1) is 9.49. The van der Waals surface area contributed by atoms with E-state index in [0.717, 1.165) is 11.1 Å². The van der Waals surface area contributed by atoms with Crippen molar-refractivity contribution in [3.8, 4) is 11.1 Å². The largest absolute Gasteiger partial charge is 0.366 e. The summed E-state index contributed by atoms with van der Waals surface area (Å²) in [4.78, 5) is 22.9. The first kappa shape index (κ1) is 13.8. The van der Waals surface area contributed by atoms with Crippen molar-refractivity contribution < 1.29 is 14.8 Å². The highest BCUT2D eigenvalue weighted by molar-refractivity contribution is 5.96. The van der Waals surface area contributed by atoms with Crippen LogP contribution in [0.1, 0.15) is 20.7 Å². The van der Waals surface area contributed by atoms with Gasteiger partial charge >= 0.3 is 0 Å². The molecule has 2 aromatic carbocycles. The van der Waals surface area contributed by atoms with Crippen LogP contribution in [0, 0.1) is 0 Å². The summed E-state index contributed by atoms with van der Waals surface area (Å²) in [5, 5.41) is 9.70. The van der Waals surface area contributed by atoms with Crippen LogP contribution < -0.4 is 5.73 Å². The van der Waals surface area contributed by atoms with Crippen LogP contribution in [0.25, 0.3) is 11.1 Å². The maximum Gasteiger partial charge on any atom is 0.276 e. The van der Waals surface area contributed by atoms with E-state index in [1.807, 2.05) is 12.1 Å². The SMILES string of the molecule is CN(O)C(=O)c1cccc(-c2cccc(C(N)=O)c2)c1. The Morgan fingerprint density at radius 1 is 1.00 bits per heavy atom. The van der Waals surface area contributed by atoms with Crippen LogP contribution in [0.2, 0.25) is 0 Å². The third-order valence-corrected chi connectivity index (χ3v) is 2.88. The molecule has 2 rings (SSSR count). The molecule has 0 fully saturated rings. The number of amides is 2. The van der Waals surface area contributed by atoms with Gasteiger partial charge in [-0.25, -0.2) is 5.06 Å². The second-order valence-electron chi connectivity index (χ2n) is 4.35. The Balaban J connectivity index is 2.43. The topological polar surface area (TPSA) is 83.6 Å². The molecule has 0 radical (unpaired) electrons. The summed E-state index contributed by atoms with van der Waals surface area (Å²) < 4.78 is 0. The first-order valence-electron chi connectivity index (χ1n) is 5.96. The maximum atomic E-state index is 11.7. The lowest BCUT2D eigenvalue weighted by molar-refractivity contribution is -0.0374. The lowest BCUT2D eigenvalue weighted by Gasteiger charge is -2.10. The molecule has 0 heterocycles. The fraction of sp³-hybridized carbons (Fsp3) is 0.0667. The third kappa shape index (κ3) is 2.84. The summed E-state index contributed by atoms with van der Waals surface area (Å²) in [5.74, 6) is -1.01. The Hall–Kier alpha value is -2.66. The Bertz CT molecular complexity index is 666. The van der Waals surface area contributed by atoms with Crippen molar-refractivity contribution >= 4 is 11.8 Å². The normalized spacial score (nSPS) is 10.1. The number of carbonyl (C=O) groups is 2. The molecule has 0 aromatic heterocycles. The number of hydrogen-bond donors (Lipinski definition) is 2. The molecule has 5 nitrogen and oxygen atoms in total. The predicted octanol–water partition coefficient (Wildman–Crippen LogP) is 1.91. The summed E-state index contributed by atoms with van der Waals surface area (Å²) in [6.07, 6.45) is 0. The quantitative estimate of drug-likeness (QED) is 0.660. The van der Waals surface area contributed by atoms with Gasteiger partial charge in [0.1, 0.15) is 0 Å². The maximum absolute atomic E-state index is 11.7. The van der Waals surface area contributed by atoms with Gasteiger partial charge in [-0.15, -0.1) is 0 Å². The van der Waals surface area contributed by atoms with Gasteiger partial charge in [0.05, 0.1) is 0 Å². The molecule has 3 N–H and O–H groups in total. The predicted molar refractivity (Wildman–Crippen MR) is 74.3 cm³/mol. The number of hydroxylamine groups is 2. The minimum atomic E-state index is -0.505. The van der Waals surface area contributed by atoms with E-state index in [1.54, 1.807) is 36.4 Å². The number of nitrogens with zero attached hydrogens (tertiary/aromatic N) is 1. The molecule has 20 heavy (non-hydrogen) atoms. The van der Waals surface area contributed by atoms with E-state index < -0.39 is 11.8 Å². The summed E-state index contributed by atoms with van der Waals surface area (Å²) in [6.45, 7) is 0. The smallest absolute Gasteiger partial charge is 0.276 e. The molecular formula is C15H14N2O3. The lowest BCUT2D eigenvalue weighted by atomic mass is 10.0. The standard InChI is InChI=1S/C15H14N2O3/c1-17(20)15(19)13-7-3-5-11(9-13)10-4-2-6-12(8-10)14(16)18/h2-9,20H,1H3,(H2,16,18). The zero-order valence-electron chi connectivity index (χ0n) is 10.9. The molecule has 0 saturated heterocycles. The van der Waals surface area contributed by atoms with Gasteiger partial charge in [0, 0.05) is 18.2 Å². The van der Waals surface area contributed by atoms with Gasteiger partial charge < -0.3 is 5.73 Å². The molecule has 0 bridgehead atoms. The molecule has 102 valence electrons. The van der Waals surface area contributed by atoms with E-state index in [0.29, 0.717) is 16.2 Å². The number of primary amides is 1. The zero-order valence-corrected chi connectivity index (χ0v) is 10.9. The summed E-state index contributed by atoms with van der Waals surface area (Å²) >= 11 is 0. The summed E-state index contributed by atoms with van der Waals surface area (Å²) in [7, 11) is 1.27. The average Bonchev–Trinajstić information content (AvgIpc) is 2.46. The van der Waals surface area contributed by atoms with Crippen molar-refractivity contribution in [2.24, 2.45) is 5.73 Å². The molecule has 2 amide bonds. The van der Waals surface area contributed by atoms with Crippen LogP contribution >= 0.6 is 0 Å². The molecule has 0 saturated carbocycles. The molecule has 0 aliphatic carbocycles. The van der Waals surface area contributed by atoms with Gasteiger partial charge in [-0.3, -0.25) is 14.8 Å². The summed E-state index contributed by atoms with van der Waals surface area (Å²) in [5.41, 5.74) is 7.54. The van der Waals surface area contributed by atoms with E-state index in [4.69, 9.17) is 5.73 Å². The van der Waals surface area contributed by atoms with Crippen LogP contribution in [0.15, 0.2) is 48.5 Å². The number of rotatable bonds is 3. The minimum Gasteiger partial charge on any atom is -0.366 e. The molecule has 2 aromatic rings. The monoisotopic (exact) mass is 270 g/mol. The Morgan fingerprint density at radius 3 is 2.00 bits per heavy atom. The second-order valence-corrected chi connectivity index (χ2v) is 4.35. The van der Waals surface area contributed by atoms with Crippen molar-refractivity contribution in [1.29, 1.82) is 0 Å². The van der Waals surface area contributed by atoms with Crippen LogP contribution in [0.4, 0.5) is 0 Å². The van der Waals surface area contributed by atoms with Crippen LogP contribution in [-0.4, -0.2) is 29.1 Å². The van der Waals surface area contributed by atoms with Gasteiger partial charge in [-0.1, -0.05) is 24.3 Å². The first-order valence-corrected chi connectivity index (χ1v) is 5.96. The molecule has 0 spiro atoms. The van der Waals surface area contributed by atoms with Crippen LogP contribution in [-0.2, 0) is 0 Å². The van der Waals surface area contributed by atoms with Gasteiger partial charge in [0.2, 0.25) is 5.91 Å². The highest BCUT2D eigenvalue weighted by Crippen LogP contribution is 2.22. The molecule has 5 heteroatoms. The number of benzene rings is 2. The third-order valence-electron chi connectivity index (χ3n) is 2.88. The molecule has 0 aliphatic heterocycles. The Morgan fingerprint density at radius 2 is 1.50 bits per heavy atom. The van der Waals surface area contributed by atoms with Gasteiger partial charge in [-0.05, 0) is 35.4 Å². The van der Waals surface area contributed by atoms with E-state index in [9.17, 15) is 14.8 Å². The lowest BCUT2D eigenvalue weighted by Crippen LogP contribution is -2.22. The van der Waals surface area contributed by atoms with E-state index >= 15 is 0 Å². The van der Waals surface area contributed by atoms with Crippen LogP contribution in [0.5, 0.6) is 0 Å². The van der Waals surface area contributed by atoms with Gasteiger partial charge in [0.25, 0.3) is 5.91 Å². The number of carbonyl (C=O) groups excluding carboxylic acids is 2. The van der Waals surface area contributed by atoms with Crippen molar-refractivity contribution in [2.75, 3.05) is 7.05 Å². The second kappa shape index (κ2) is 5.54.